The van der Waals surface area contributed by atoms with Crippen LogP contribution in [0.3, 0.4) is 0 Å². The van der Waals surface area contributed by atoms with Crippen LogP contribution in [-0.2, 0) is 19.6 Å². The van der Waals surface area contributed by atoms with E-state index in [1.807, 2.05) is 30.3 Å². The molecule has 0 saturated heterocycles. The molecular formula is C23H22N2O5S. The van der Waals surface area contributed by atoms with Gasteiger partial charge in [0, 0.05) is 24.2 Å². The minimum atomic E-state index is -3.55. The Morgan fingerprint density at radius 2 is 1.77 bits per heavy atom. The van der Waals surface area contributed by atoms with Gasteiger partial charge < -0.3 is 9.47 Å². The lowest BCUT2D eigenvalue weighted by Gasteiger charge is -2.18. The highest BCUT2D eigenvalue weighted by Crippen LogP contribution is 2.28. The molecule has 0 unspecified atom stereocenters. The normalized spacial score (nSPS) is 17.1. The number of benzene rings is 2. The molecule has 0 fully saturated rings. The number of para-hydroxylation sites is 1. The average Bonchev–Trinajstić information content (AvgIpc) is 3.14. The molecule has 2 aromatic rings. The van der Waals surface area contributed by atoms with Gasteiger partial charge in [0.15, 0.2) is 5.70 Å². The highest BCUT2D eigenvalue weighted by Gasteiger charge is 2.26. The fraction of sp³-hybridized carbons (Fsp3) is 0.217. The number of hydrogen-bond donors (Lipinski definition) is 0. The Hall–Kier alpha value is -3.23. The monoisotopic (exact) mass is 438 g/mol. The Labute approximate surface area is 181 Å². The smallest absolute Gasteiger partial charge is 0.363 e. The number of fused-ring (bicyclic) bond motifs is 1. The summed E-state index contributed by atoms with van der Waals surface area (Å²) in [5, 5.41) is 0. The third-order valence-electron chi connectivity index (χ3n) is 5.04. The quantitative estimate of drug-likeness (QED) is 0.510. The summed E-state index contributed by atoms with van der Waals surface area (Å²) in [7, 11) is -3.55. The number of cyclic esters (lactones) is 1. The molecule has 0 bridgehead atoms. The van der Waals surface area contributed by atoms with Crippen LogP contribution in [-0.4, -0.2) is 44.3 Å². The fourth-order valence-electron chi connectivity index (χ4n) is 3.41. The Balaban J connectivity index is 1.58. The zero-order valence-corrected chi connectivity index (χ0v) is 18.1. The summed E-state index contributed by atoms with van der Waals surface area (Å²) in [5.41, 5.74) is 2.43. The van der Waals surface area contributed by atoms with Gasteiger partial charge in [0.25, 0.3) is 0 Å². The van der Waals surface area contributed by atoms with Crippen molar-refractivity contribution in [2.75, 3.05) is 19.7 Å². The van der Waals surface area contributed by atoms with Crippen molar-refractivity contribution in [3.05, 3.63) is 77.0 Å². The van der Waals surface area contributed by atoms with E-state index in [2.05, 4.69) is 4.99 Å². The van der Waals surface area contributed by atoms with E-state index in [0.29, 0.717) is 25.3 Å². The molecule has 2 aromatic carbocycles. The second-order valence-electron chi connectivity index (χ2n) is 7.00. The molecule has 0 amide bonds. The lowest BCUT2D eigenvalue weighted by atomic mass is 10.1. The minimum Gasteiger partial charge on any atom is -0.488 e. The second kappa shape index (κ2) is 8.49. The first-order valence-electron chi connectivity index (χ1n) is 9.98. The summed E-state index contributed by atoms with van der Waals surface area (Å²) in [5.74, 6) is 0.373. The van der Waals surface area contributed by atoms with E-state index in [9.17, 15) is 13.2 Å². The SMILES string of the molecule is CCN(CC)S(=O)(=O)c1ccc(C2=N/C(=C\C3=Cc4ccccc4OC3)C(=O)O2)cc1. The van der Waals surface area contributed by atoms with Crippen LogP contribution in [0, 0.1) is 0 Å². The standard InChI is InChI=1S/C23H22N2O5S/c1-3-25(4-2)31(27,28)19-11-9-17(10-12-19)22-24-20(23(26)30-22)14-16-13-18-7-5-6-8-21(18)29-15-16/h5-14H,3-4,15H2,1-2H3/b20-14-. The first-order chi connectivity index (χ1) is 14.9. The summed E-state index contributed by atoms with van der Waals surface area (Å²) in [6, 6.07) is 13.8. The first-order valence-corrected chi connectivity index (χ1v) is 11.4. The van der Waals surface area contributed by atoms with Crippen molar-refractivity contribution in [3.63, 3.8) is 0 Å². The van der Waals surface area contributed by atoms with Crippen LogP contribution < -0.4 is 4.74 Å². The van der Waals surface area contributed by atoms with Gasteiger partial charge in [-0.15, -0.1) is 0 Å². The average molecular weight is 439 g/mol. The Bertz CT molecular complexity index is 1210. The van der Waals surface area contributed by atoms with Crippen molar-refractivity contribution in [1.82, 2.24) is 4.31 Å². The zero-order chi connectivity index (χ0) is 22.0. The maximum absolute atomic E-state index is 12.6. The van der Waals surface area contributed by atoms with Crippen LogP contribution in [0.15, 0.2) is 75.8 Å². The molecule has 0 aromatic heterocycles. The number of rotatable bonds is 6. The van der Waals surface area contributed by atoms with E-state index in [1.165, 1.54) is 16.4 Å². The van der Waals surface area contributed by atoms with Gasteiger partial charge in [-0.2, -0.15) is 4.31 Å². The minimum absolute atomic E-state index is 0.140. The highest BCUT2D eigenvalue weighted by molar-refractivity contribution is 7.89. The van der Waals surface area contributed by atoms with Crippen molar-refractivity contribution in [3.8, 4) is 5.75 Å². The predicted octanol–water partition coefficient (Wildman–Crippen LogP) is 3.38. The fourth-order valence-corrected chi connectivity index (χ4v) is 4.87. The highest BCUT2D eigenvalue weighted by atomic mass is 32.2. The Morgan fingerprint density at radius 3 is 2.48 bits per heavy atom. The van der Waals surface area contributed by atoms with Crippen molar-refractivity contribution in [1.29, 1.82) is 0 Å². The molecule has 2 heterocycles. The third kappa shape index (κ3) is 4.17. The van der Waals surface area contributed by atoms with Gasteiger partial charge in [0.2, 0.25) is 15.9 Å². The molecule has 0 spiro atoms. The third-order valence-corrected chi connectivity index (χ3v) is 7.11. The molecule has 160 valence electrons. The number of esters is 1. The first kappa shape index (κ1) is 21.0. The van der Waals surface area contributed by atoms with Crippen LogP contribution in [0.5, 0.6) is 5.75 Å². The summed E-state index contributed by atoms with van der Waals surface area (Å²) >= 11 is 0. The summed E-state index contributed by atoms with van der Waals surface area (Å²) < 4.78 is 37.6. The van der Waals surface area contributed by atoms with E-state index in [4.69, 9.17) is 9.47 Å². The molecule has 7 nitrogen and oxygen atoms in total. The largest absolute Gasteiger partial charge is 0.488 e. The van der Waals surface area contributed by atoms with Gasteiger partial charge in [-0.05, 0) is 48.1 Å². The molecule has 2 aliphatic heterocycles. The zero-order valence-electron chi connectivity index (χ0n) is 17.2. The number of nitrogens with zero attached hydrogens (tertiary/aromatic N) is 2. The molecular weight excluding hydrogens is 416 g/mol. The van der Waals surface area contributed by atoms with E-state index in [1.54, 1.807) is 32.1 Å². The van der Waals surface area contributed by atoms with Crippen LogP contribution in [0.4, 0.5) is 0 Å². The Morgan fingerprint density at radius 1 is 1.06 bits per heavy atom. The number of aliphatic imine (C=N–C) groups is 1. The molecule has 2 aliphatic rings. The van der Waals surface area contributed by atoms with Crippen LogP contribution >= 0.6 is 0 Å². The van der Waals surface area contributed by atoms with E-state index < -0.39 is 16.0 Å². The maximum atomic E-state index is 12.6. The molecule has 31 heavy (non-hydrogen) atoms. The van der Waals surface area contributed by atoms with Crippen LogP contribution in [0.1, 0.15) is 25.0 Å². The summed E-state index contributed by atoms with van der Waals surface area (Å²) in [6.45, 7) is 4.70. The van der Waals surface area contributed by atoms with Gasteiger partial charge in [-0.25, -0.2) is 18.2 Å². The molecule has 0 atom stereocenters. The molecule has 0 N–H and O–H groups in total. The van der Waals surface area contributed by atoms with Crippen molar-refractivity contribution >= 4 is 28.0 Å². The van der Waals surface area contributed by atoms with Gasteiger partial charge >= 0.3 is 5.97 Å². The lowest BCUT2D eigenvalue weighted by Crippen LogP contribution is -2.30. The topological polar surface area (TPSA) is 85.3 Å². The number of hydrogen-bond acceptors (Lipinski definition) is 6. The van der Waals surface area contributed by atoms with E-state index in [-0.39, 0.29) is 16.5 Å². The van der Waals surface area contributed by atoms with Crippen LogP contribution in [0.2, 0.25) is 0 Å². The van der Waals surface area contributed by atoms with Gasteiger partial charge in [-0.3, -0.25) is 0 Å². The number of sulfonamides is 1. The van der Waals surface area contributed by atoms with Gasteiger partial charge in [0.05, 0.1) is 4.90 Å². The summed E-state index contributed by atoms with van der Waals surface area (Å²) in [6.07, 6.45) is 3.59. The number of carbonyl (C=O) groups excluding carboxylic acids is 1. The second-order valence-corrected chi connectivity index (χ2v) is 8.93. The predicted molar refractivity (Wildman–Crippen MR) is 117 cm³/mol. The Kier molecular flexibility index (Phi) is 5.75. The van der Waals surface area contributed by atoms with E-state index >= 15 is 0 Å². The number of ether oxygens (including phenoxy) is 2. The van der Waals surface area contributed by atoms with Crippen molar-refractivity contribution in [2.24, 2.45) is 4.99 Å². The molecule has 0 radical (unpaired) electrons. The van der Waals surface area contributed by atoms with Crippen LogP contribution in [0.25, 0.3) is 6.08 Å². The van der Waals surface area contributed by atoms with Crippen molar-refractivity contribution < 1.29 is 22.7 Å². The van der Waals surface area contributed by atoms with Gasteiger partial charge in [-0.1, -0.05) is 32.0 Å². The molecule has 0 saturated carbocycles. The maximum Gasteiger partial charge on any atom is 0.363 e. The van der Waals surface area contributed by atoms with E-state index in [0.717, 1.165) is 16.9 Å². The summed E-state index contributed by atoms with van der Waals surface area (Å²) in [4.78, 5) is 16.8. The molecule has 4 rings (SSSR count). The van der Waals surface area contributed by atoms with Gasteiger partial charge in [0.1, 0.15) is 12.4 Å². The lowest BCUT2D eigenvalue weighted by molar-refractivity contribution is -0.130. The number of carbonyl (C=O) groups is 1. The molecule has 8 heteroatoms. The van der Waals surface area contributed by atoms with Crippen molar-refractivity contribution in [2.45, 2.75) is 18.7 Å². The molecule has 0 aliphatic carbocycles.